The smallest absolute Gasteiger partial charge is 0.415 e. The first-order valence-electron chi connectivity index (χ1n) is 27.2. The average Bonchev–Trinajstić information content (AvgIpc) is 3.95. The van der Waals surface area contributed by atoms with Gasteiger partial charge in [0.05, 0.1) is 34.9 Å². The van der Waals surface area contributed by atoms with Crippen LogP contribution >= 0.6 is 0 Å². The monoisotopic (exact) mass is 988 g/mol. The fourth-order valence-corrected chi connectivity index (χ4v) is 14.6. The van der Waals surface area contributed by atoms with E-state index in [0.29, 0.717) is 93.0 Å². The maximum atomic E-state index is 13.7. The van der Waals surface area contributed by atoms with Crippen molar-refractivity contribution in [3.05, 3.63) is 109 Å². The van der Waals surface area contributed by atoms with E-state index in [1.165, 1.54) is 16.7 Å². The van der Waals surface area contributed by atoms with Crippen molar-refractivity contribution in [3.8, 4) is 17.1 Å². The topological polar surface area (TPSA) is 148 Å². The number of unbranched alkanes of at least 4 members (excludes halogenated alkanes) is 2. The molecule has 382 valence electrons. The first-order chi connectivity index (χ1) is 35.3. The lowest BCUT2D eigenvalue weighted by molar-refractivity contribution is -0.148. The van der Waals surface area contributed by atoms with Crippen LogP contribution in [0.15, 0.2) is 76.1 Å². The highest BCUT2D eigenvalue weighted by Gasteiger charge is 2.57. The number of hydrogen-bond acceptors (Lipinski definition) is 10. The molecule has 73 heavy (non-hydrogen) atoms. The minimum atomic E-state index is -0.476. The van der Waals surface area contributed by atoms with Crippen molar-refractivity contribution in [2.45, 2.75) is 136 Å². The summed E-state index contributed by atoms with van der Waals surface area (Å²) in [5.41, 5.74) is 12.0. The molecule has 2 amide bonds. The minimum absolute atomic E-state index is 0.0136. The van der Waals surface area contributed by atoms with E-state index in [0.717, 1.165) is 103 Å². The van der Waals surface area contributed by atoms with Crippen molar-refractivity contribution in [2.24, 2.45) is 23.2 Å². The number of carbonyl (C=O) groups is 5. The van der Waals surface area contributed by atoms with Crippen LogP contribution in [0.25, 0.3) is 22.3 Å². The van der Waals surface area contributed by atoms with E-state index in [9.17, 15) is 28.8 Å². The standard InChI is InChI=1S/C60H69N5O8/c1-6-41-46-30-40(18-23-52(46)61-56-48(41)33-65-53(56)31-45-42(7-2)58(70)72-34-49(45)57(65)69)73-59(71)64-27-25-63(26-28-64)54(68)11-9-8-10-24-62(5)38-15-12-36(13-16-38)47-32-60(4)50(35(3)66)21-22-51(60)44-19-14-37-29-39(67)17-20-43(37)55(44)47/h12-13,15-16,18,23,29-31,42,44,47,50-51H,6-11,14,17,19-22,24-28,32-34H2,1-5H3. The number of allylic oxidation sites excluding steroid dienone is 4. The van der Waals surface area contributed by atoms with Crippen LogP contribution in [0.2, 0.25) is 0 Å². The summed E-state index contributed by atoms with van der Waals surface area (Å²) in [5.74, 6) is 1.70. The van der Waals surface area contributed by atoms with Gasteiger partial charge < -0.3 is 28.7 Å². The Labute approximate surface area is 428 Å². The maximum absolute atomic E-state index is 13.7. The Kier molecular flexibility index (Phi) is 13.0. The molecular formula is C60H69N5O8. The van der Waals surface area contributed by atoms with Gasteiger partial charge in [-0.25, -0.2) is 9.78 Å². The number of esters is 1. The van der Waals surface area contributed by atoms with Crippen LogP contribution < -0.4 is 15.2 Å². The van der Waals surface area contributed by atoms with Crippen LogP contribution in [0.3, 0.4) is 0 Å². The molecule has 0 spiro atoms. The fraction of sp³-hybridized carbons (Fsp3) is 0.517. The van der Waals surface area contributed by atoms with Crippen LogP contribution in [0, 0.1) is 23.2 Å². The van der Waals surface area contributed by atoms with Gasteiger partial charge >= 0.3 is 12.1 Å². The first-order valence-corrected chi connectivity index (χ1v) is 27.2. The number of aromatic nitrogens is 2. The van der Waals surface area contributed by atoms with Gasteiger partial charge in [-0.2, -0.15) is 0 Å². The van der Waals surface area contributed by atoms with Gasteiger partial charge in [-0.15, -0.1) is 0 Å². The van der Waals surface area contributed by atoms with E-state index in [2.05, 4.69) is 50.1 Å². The van der Waals surface area contributed by atoms with Gasteiger partial charge in [-0.3, -0.25) is 24.0 Å². The number of carbonyl (C=O) groups excluding carboxylic acids is 5. The zero-order valence-corrected chi connectivity index (χ0v) is 43.2. The van der Waals surface area contributed by atoms with Gasteiger partial charge in [0.15, 0.2) is 5.78 Å². The molecule has 1 saturated heterocycles. The highest BCUT2D eigenvalue weighted by atomic mass is 16.6. The van der Waals surface area contributed by atoms with Crippen LogP contribution in [0.4, 0.5) is 10.5 Å². The summed E-state index contributed by atoms with van der Waals surface area (Å²) in [6.07, 6.45) is 12.4. The number of Topliss-reactive ketones (excluding diaryl/α,β-unsaturated/α-hetero) is 1. The van der Waals surface area contributed by atoms with Crippen molar-refractivity contribution in [1.29, 1.82) is 0 Å². The lowest BCUT2D eigenvalue weighted by Crippen LogP contribution is -2.51. The van der Waals surface area contributed by atoms with E-state index in [4.69, 9.17) is 14.5 Å². The number of pyridine rings is 2. The Morgan fingerprint density at radius 2 is 1.67 bits per heavy atom. The van der Waals surface area contributed by atoms with E-state index in [1.807, 2.05) is 36.1 Å². The summed E-state index contributed by atoms with van der Waals surface area (Å²) in [6.45, 7) is 11.1. The molecule has 4 aliphatic carbocycles. The number of rotatable bonds is 12. The predicted octanol–water partition coefficient (Wildman–Crippen LogP) is 9.98. The third-order valence-corrected chi connectivity index (χ3v) is 18.4. The molecule has 7 aliphatic rings. The molecule has 2 aromatic heterocycles. The van der Waals surface area contributed by atoms with E-state index in [-0.39, 0.29) is 47.1 Å². The van der Waals surface area contributed by atoms with E-state index in [1.54, 1.807) is 28.0 Å². The lowest BCUT2D eigenvalue weighted by atomic mass is 9.51. The van der Waals surface area contributed by atoms with Gasteiger partial charge in [-0.1, -0.05) is 44.9 Å². The Morgan fingerprint density at radius 3 is 2.42 bits per heavy atom. The molecule has 11 rings (SSSR count). The van der Waals surface area contributed by atoms with Crippen molar-refractivity contribution >= 4 is 46.1 Å². The molecule has 0 bridgehead atoms. The molecule has 4 aromatic rings. The second kappa shape index (κ2) is 19.5. The number of piperazine rings is 1. The van der Waals surface area contributed by atoms with Gasteiger partial charge in [-0.05, 0) is 159 Å². The normalized spacial score (nSPS) is 25.0. The Bertz CT molecular complexity index is 3070. The molecule has 3 aliphatic heterocycles. The van der Waals surface area contributed by atoms with Crippen molar-refractivity contribution in [3.63, 3.8) is 0 Å². The van der Waals surface area contributed by atoms with Gasteiger partial charge in [0.1, 0.15) is 18.1 Å². The fourth-order valence-electron chi connectivity index (χ4n) is 14.6. The second-order valence-corrected chi connectivity index (χ2v) is 22.3. The highest BCUT2D eigenvalue weighted by molar-refractivity contribution is 5.93. The van der Waals surface area contributed by atoms with E-state index >= 15 is 0 Å². The van der Waals surface area contributed by atoms with Crippen LogP contribution in [0.5, 0.6) is 5.75 Å². The van der Waals surface area contributed by atoms with E-state index < -0.39 is 12.0 Å². The number of benzene rings is 2. The zero-order chi connectivity index (χ0) is 50.9. The lowest BCUT2D eigenvalue weighted by Gasteiger charge is -2.52. The first kappa shape index (κ1) is 48.9. The summed E-state index contributed by atoms with van der Waals surface area (Å²) in [4.78, 5) is 89.4. The molecule has 3 fully saturated rings. The summed E-state index contributed by atoms with van der Waals surface area (Å²) >= 11 is 0. The van der Waals surface area contributed by atoms with Crippen LogP contribution in [-0.4, -0.2) is 88.7 Å². The van der Waals surface area contributed by atoms with Gasteiger partial charge in [0.2, 0.25) is 5.91 Å². The third-order valence-electron chi connectivity index (χ3n) is 18.4. The summed E-state index contributed by atoms with van der Waals surface area (Å²) in [5, 5.41) is 0.864. The predicted molar refractivity (Wildman–Crippen MR) is 280 cm³/mol. The number of fused-ring (bicyclic) bond motifs is 9. The SMILES string of the molecule is CCc1c2c(nc3ccc(OC(=O)N4CCN(C(=O)CCCCCN(C)c5ccc(C6CC7(C)C(C(C)=O)CCC7C7CCC8=CC(=O)CCC8=C67)cc5)CC4)cc13)-c1cc3c(c(=O)n1C2)COC(=O)C3CC. The number of hydrogen-bond donors (Lipinski definition) is 0. The quantitative estimate of drug-likeness (QED) is 0.0874. The number of ether oxygens (including phenoxy) is 2. The van der Waals surface area contributed by atoms with Gasteiger partial charge in [0.25, 0.3) is 5.56 Å². The number of ketones is 2. The number of amides is 2. The maximum Gasteiger partial charge on any atom is 0.415 e. The Morgan fingerprint density at radius 1 is 0.890 bits per heavy atom. The molecule has 0 radical (unpaired) electrons. The highest BCUT2D eigenvalue weighted by Crippen LogP contribution is 2.65. The van der Waals surface area contributed by atoms with Crippen molar-refractivity contribution in [2.75, 3.05) is 44.7 Å². The number of nitrogens with zero attached hydrogens (tertiary/aromatic N) is 5. The molecule has 13 heteroatoms. The van der Waals surface area contributed by atoms with Crippen molar-refractivity contribution < 1.29 is 33.4 Å². The molecule has 5 heterocycles. The summed E-state index contributed by atoms with van der Waals surface area (Å²) < 4.78 is 13.0. The molecule has 0 N–H and O–H groups in total. The second-order valence-electron chi connectivity index (χ2n) is 22.3. The van der Waals surface area contributed by atoms with Gasteiger partial charge in [0, 0.05) is 81.1 Å². The number of aryl methyl sites for hydroxylation is 1. The molecule has 2 aromatic carbocycles. The summed E-state index contributed by atoms with van der Waals surface area (Å²) in [7, 11) is 2.13. The minimum Gasteiger partial charge on any atom is -0.460 e. The summed E-state index contributed by atoms with van der Waals surface area (Å²) in [6, 6.07) is 16.5. The number of anilines is 1. The Balaban J connectivity index is 0.660. The zero-order valence-electron chi connectivity index (χ0n) is 43.2. The Hall–Kier alpha value is -6.37. The number of cyclic esters (lactones) is 1. The molecule has 2 saturated carbocycles. The van der Waals surface area contributed by atoms with Crippen LogP contribution in [0.1, 0.15) is 144 Å². The van der Waals surface area contributed by atoms with Crippen molar-refractivity contribution in [1.82, 2.24) is 19.4 Å². The molecular weight excluding hydrogens is 919 g/mol. The molecule has 6 atom stereocenters. The largest absolute Gasteiger partial charge is 0.460 e. The molecule has 6 unspecified atom stereocenters. The molecule has 13 nitrogen and oxygen atoms in total. The average molecular weight is 988 g/mol. The third kappa shape index (κ3) is 8.61. The van der Waals surface area contributed by atoms with Crippen LogP contribution in [-0.2, 0) is 43.5 Å².